The summed E-state index contributed by atoms with van der Waals surface area (Å²) in [5.74, 6) is 0.0945. The van der Waals surface area contributed by atoms with Gasteiger partial charge in [0.2, 0.25) is 5.88 Å². The molecule has 1 aliphatic rings. The lowest BCUT2D eigenvalue weighted by atomic mass is 9.94. The van der Waals surface area contributed by atoms with Gasteiger partial charge >= 0.3 is 6.03 Å². The third kappa shape index (κ3) is 3.03. The zero-order valence-electron chi connectivity index (χ0n) is 12.0. The molecular weight excluding hydrogens is 287 g/mol. The van der Waals surface area contributed by atoms with Crippen LogP contribution in [0.15, 0.2) is 34.9 Å². The molecule has 6 nitrogen and oxygen atoms in total. The molecule has 7 heteroatoms. The first kappa shape index (κ1) is 14.4. The van der Waals surface area contributed by atoms with E-state index in [9.17, 15) is 9.18 Å². The molecule has 0 atom stereocenters. The van der Waals surface area contributed by atoms with Crippen molar-refractivity contribution < 1.29 is 13.7 Å². The van der Waals surface area contributed by atoms with Gasteiger partial charge in [0, 0.05) is 25.1 Å². The van der Waals surface area contributed by atoms with Crippen LogP contribution in [0.3, 0.4) is 0 Å². The standard InChI is InChI=1S/C15H17FN4O2/c16-11-3-1-2-4-12(11)18-15(21)20-7-5-10(6-8-20)13-9-14(17)22-19-13/h1-4,9-10H,5-8,17H2,(H,18,21). The van der Waals surface area contributed by atoms with Crippen LogP contribution in [-0.2, 0) is 0 Å². The zero-order valence-corrected chi connectivity index (χ0v) is 12.0. The maximum Gasteiger partial charge on any atom is 0.321 e. The third-order valence-electron chi connectivity index (χ3n) is 3.86. The number of carbonyl (C=O) groups is 1. The number of rotatable bonds is 2. The lowest BCUT2D eigenvalue weighted by molar-refractivity contribution is 0.193. The molecular formula is C15H17FN4O2. The van der Waals surface area contributed by atoms with E-state index in [2.05, 4.69) is 10.5 Å². The summed E-state index contributed by atoms with van der Waals surface area (Å²) in [6.45, 7) is 1.16. The Kier molecular flexibility index (Phi) is 3.95. The van der Waals surface area contributed by atoms with E-state index in [0.717, 1.165) is 18.5 Å². The highest BCUT2D eigenvalue weighted by Crippen LogP contribution is 2.28. The second-order valence-corrected chi connectivity index (χ2v) is 5.33. The summed E-state index contributed by atoms with van der Waals surface area (Å²) in [5, 5.41) is 6.52. The number of hydrogen-bond acceptors (Lipinski definition) is 4. The quantitative estimate of drug-likeness (QED) is 0.893. The minimum atomic E-state index is -0.441. The second-order valence-electron chi connectivity index (χ2n) is 5.33. The van der Waals surface area contributed by atoms with Gasteiger partial charge in [-0.2, -0.15) is 0 Å². The number of urea groups is 1. The number of carbonyl (C=O) groups excluding carboxylic acids is 1. The molecule has 1 aromatic carbocycles. The van der Waals surface area contributed by atoms with E-state index in [1.807, 2.05) is 0 Å². The Morgan fingerprint density at radius 2 is 2.09 bits per heavy atom. The summed E-state index contributed by atoms with van der Waals surface area (Å²) >= 11 is 0. The Hall–Kier alpha value is -2.57. The number of anilines is 2. The van der Waals surface area contributed by atoms with Gasteiger partial charge in [-0.1, -0.05) is 17.3 Å². The number of para-hydroxylation sites is 1. The fraction of sp³-hybridized carbons (Fsp3) is 0.333. The lowest BCUT2D eigenvalue weighted by Crippen LogP contribution is -2.40. The first-order valence-electron chi connectivity index (χ1n) is 7.16. The zero-order chi connectivity index (χ0) is 15.5. The monoisotopic (exact) mass is 304 g/mol. The van der Waals surface area contributed by atoms with Crippen LogP contribution in [0.2, 0.25) is 0 Å². The molecule has 3 N–H and O–H groups in total. The third-order valence-corrected chi connectivity index (χ3v) is 3.86. The summed E-state index contributed by atoms with van der Waals surface area (Å²) in [4.78, 5) is 13.8. The Morgan fingerprint density at radius 1 is 1.36 bits per heavy atom. The molecule has 0 saturated carbocycles. The number of nitrogens with one attached hydrogen (secondary N) is 1. The predicted molar refractivity (Wildman–Crippen MR) is 79.9 cm³/mol. The van der Waals surface area contributed by atoms with Gasteiger partial charge in [-0.15, -0.1) is 0 Å². The number of likely N-dealkylation sites (tertiary alicyclic amines) is 1. The molecule has 2 aromatic rings. The number of amides is 2. The van der Waals surface area contributed by atoms with Gasteiger partial charge in [-0.05, 0) is 25.0 Å². The fourth-order valence-corrected chi connectivity index (χ4v) is 2.63. The Labute approximate surface area is 127 Å². The van der Waals surface area contributed by atoms with Crippen LogP contribution in [0.5, 0.6) is 0 Å². The normalized spacial score (nSPS) is 15.8. The van der Waals surface area contributed by atoms with E-state index in [1.54, 1.807) is 23.1 Å². The van der Waals surface area contributed by atoms with E-state index >= 15 is 0 Å². The van der Waals surface area contributed by atoms with E-state index < -0.39 is 5.82 Å². The minimum absolute atomic E-state index is 0.193. The highest BCUT2D eigenvalue weighted by atomic mass is 19.1. The molecule has 1 aromatic heterocycles. The highest BCUT2D eigenvalue weighted by Gasteiger charge is 2.26. The molecule has 0 radical (unpaired) electrons. The van der Waals surface area contributed by atoms with E-state index in [4.69, 9.17) is 10.3 Å². The van der Waals surface area contributed by atoms with Gasteiger partial charge in [-0.3, -0.25) is 0 Å². The van der Waals surface area contributed by atoms with Crippen molar-refractivity contribution in [2.24, 2.45) is 0 Å². The topological polar surface area (TPSA) is 84.4 Å². The van der Waals surface area contributed by atoms with Gasteiger partial charge in [0.15, 0.2) is 0 Å². The Bertz CT molecular complexity index is 665. The number of nitrogen functional groups attached to an aromatic ring is 1. The minimum Gasteiger partial charge on any atom is -0.368 e. The number of nitrogens with two attached hydrogens (primary N) is 1. The lowest BCUT2D eigenvalue weighted by Gasteiger charge is -2.31. The van der Waals surface area contributed by atoms with Gasteiger partial charge < -0.3 is 20.5 Å². The number of piperidine rings is 1. The molecule has 1 saturated heterocycles. The number of hydrogen-bond donors (Lipinski definition) is 2. The molecule has 1 fully saturated rings. The van der Waals surface area contributed by atoms with Crippen molar-refractivity contribution in [2.75, 3.05) is 24.1 Å². The molecule has 22 heavy (non-hydrogen) atoms. The van der Waals surface area contributed by atoms with Crippen molar-refractivity contribution in [3.63, 3.8) is 0 Å². The predicted octanol–water partition coefficient (Wildman–Crippen LogP) is 2.81. The maximum absolute atomic E-state index is 13.5. The van der Waals surface area contributed by atoms with Crippen molar-refractivity contribution in [1.29, 1.82) is 0 Å². The van der Waals surface area contributed by atoms with Crippen molar-refractivity contribution in [3.05, 3.63) is 41.8 Å². The van der Waals surface area contributed by atoms with Crippen molar-refractivity contribution in [3.8, 4) is 0 Å². The van der Waals surface area contributed by atoms with Crippen LogP contribution in [0, 0.1) is 5.82 Å². The van der Waals surface area contributed by atoms with E-state index in [1.165, 1.54) is 12.1 Å². The summed E-state index contributed by atoms with van der Waals surface area (Å²) in [6, 6.07) is 7.55. The molecule has 0 aliphatic carbocycles. The van der Waals surface area contributed by atoms with Crippen LogP contribution in [0.4, 0.5) is 20.8 Å². The smallest absolute Gasteiger partial charge is 0.321 e. The molecule has 1 aliphatic heterocycles. The SMILES string of the molecule is Nc1cc(C2CCN(C(=O)Nc3ccccc3F)CC2)no1. The molecule has 0 bridgehead atoms. The van der Waals surface area contributed by atoms with Crippen molar-refractivity contribution in [1.82, 2.24) is 10.1 Å². The van der Waals surface area contributed by atoms with Crippen molar-refractivity contribution >= 4 is 17.6 Å². The summed E-state index contributed by atoms with van der Waals surface area (Å²) < 4.78 is 18.4. The Balaban J connectivity index is 1.57. The summed E-state index contributed by atoms with van der Waals surface area (Å²) in [5.41, 5.74) is 6.54. The van der Waals surface area contributed by atoms with Crippen LogP contribution in [0.25, 0.3) is 0 Å². The van der Waals surface area contributed by atoms with Gasteiger partial charge in [0.1, 0.15) is 5.82 Å². The molecule has 2 heterocycles. The summed E-state index contributed by atoms with van der Waals surface area (Å²) in [6.07, 6.45) is 1.55. The van der Waals surface area contributed by atoms with Gasteiger partial charge in [0.25, 0.3) is 0 Å². The first-order valence-corrected chi connectivity index (χ1v) is 7.16. The number of halogens is 1. The van der Waals surface area contributed by atoms with Crippen LogP contribution in [0.1, 0.15) is 24.5 Å². The molecule has 0 spiro atoms. The largest absolute Gasteiger partial charge is 0.368 e. The number of benzene rings is 1. The second kappa shape index (κ2) is 6.05. The van der Waals surface area contributed by atoms with E-state index in [0.29, 0.717) is 19.0 Å². The van der Waals surface area contributed by atoms with Crippen molar-refractivity contribution in [2.45, 2.75) is 18.8 Å². The summed E-state index contributed by atoms with van der Waals surface area (Å²) in [7, 11) is 0. The molecule has 0 unspecified atom stereocenters. The average molecular weight is 304 g/mol. The molecule has 2 amide bonds. The molecule has 116 valence electrons. The highest BCUT2D eigenvalue weighted by molar-refractivity contribution is 5.89. The van der Waals surface area contributed by atoms with E-state index in [-0.39, 0.29) is 17.6 Å². The maximum atomic E-state index is 13.5. The van der Waals surface area contributed by atoms with Gasteiger partial charge in [-0.25, -0.2) is 9.18 Å². The molecule has 3 rings (SSSR count). The Morgan fingerprint density at radius 3 is 2.73 bits per heavy atom. The fourth-order valence-electron chi connectivity index (χ4n) is 2.63. The van der Waals surface area contributed by atoms with Crippen LogP contribution < -0.4 is 11.1 Å². The average Bonchev–Trinajstić information content (AvgIpc) is 2.96. The number of aromatic nitrogens is 1. The van der Waals surface area contributed by atoms with Crippen LogP contribution in [-0.4, -0.2) is 29.2 Å². The number of nitrogens with zero attached hydrogens (tertiary/aromatic N) is 2. The van der Waals surface area contributed by atoms with Crippen LogP contribution >= 0.6 is 0 Å². The van der Waals surface area contributed by atoms with Gasteiger partial charge in [0.05, 0.1) is 11.4 Å². The first-order chi connectivity index (χ1) is 10.6.